The molecule has 1 aliphatic rings. The van der Waals surface area contributed by atoms with Crippen LogP contribution in [-0.4, -0.2) is 23.9 Å². The number of nitrogens with zero attached hydrogens (tertiary/aromatic N) is 1. The second-order valence-corrected chi connectivity index (χ2v) is 4.08. The predicted octanol–water partition coefficient (Wildman–Crippen LogP) is 1.47. The molecule has 2 N–H and O–H groups in total. The van der Waals surface area contributed by atoms with Gasteiger partial charge in [0.1, 0.15) is 0 Å². The highest BCUT2D eigenvalue weighted by Crippen LogP contribution is 2.24. The summed E-state index contributed by atoms with van der Waals surface area (Å²) in [7, 11) is 1.80. The maximum Gasteiger partial charge on any atom is 0.240 e. The molecule has 0 aliphatic carbocycles. The first-order valence-electron chi connectivity index (χ1n) is 5.44. The van der Waals surface area contributed by atoms with Crippen LogP contribution in [0.15, 0.2) is 42.5 Å². The number of rotatable bonds is 1. The number of amides is 1. The fourth-order valence-corrected chi connectivity index (χ4v) is 1.97. The Balaban J connectivity index is 2.31. The molecule has 0 bridgehead atoms. The molecule has 0 radical (unpaired) electrons. The van der Waals surface area contributed by atoms with Gasteiger partial charge in [-0.2, -0.15) is 0 Å². The molecule has 0 unspecified atom stereocenters. The molecule has 16 heavy (non-hydrogen) atoms. The van der Waals surface area contributed by atoms with Crippen molar-refractivity contribution in [1.29, 1.82) is 0 Å². The van der Waals surface area contributed by atoms with Crippen LogP contribution in [0.1, 0.15) is 18.0 Å². The van der Waals surface area contributed by atoms with Gasteiger partial charge in [0, 0.05) is 7.05 Å². The van der Waals surface area contributed by atoms with Gasteiger partial charge >= 0.3 is 0 Å². The van der Waals surface area contributed by atoms with Crippen LogP contribution >= 0.6 is 0 Å². The number of carbonyl (C=O) groups is 1. The summed E-state index contributed by atoms with van der Waals surface area (Å²) in [6.45, 7) is 0. The third-order valence-corrected chi connectivity index (χ3v) is 2.93. The summed E-state index contributed by atoms with van der Waals surface area (Å²) < 4.78 is 0. The lowest BCUT2D eigenvalue weighted by Gasteiger charge is -2.26. The second-order valence-electron chi connectivity index (χ2n) is 4.08. The molecule has 1 aliphatic heterocycles. The van der Waals surface area contributed by atoms with Crippen molar-refractivity contribution in [2.24, 2.45) is 5.73 Å². The predicted molar refractivity (Wildman–Crippen MR) is 63.7 cm³/mol. The number of carbonyl (C=O) groups excluding carboxylic acids is 1. The van der Waals surface area contributed by atoms with Crippen LogP contribution in [0.5, 0.6) is 0 Å². The van der Waals surface area contributed by atoms with E-state index in [4.69, 9.17) is 5.73 Å². The molecule has 1 aromatic rings. The van der Waals surface area contributed by atoms with Gasteiger partial charge in [-0.1, -0.05) is 42.5 Å². The lowest BCUT2D eigenvalue weighted by atomic mass is 10.1. The molecule has 0 aromatic heterocycles. The van der Waals surface area contributed by atoms with Crippen LogP contribution in [0.4, 0.5) is 0 Å². The summed E-state index contributed by atoms with van der Waals surface area (Å²) in [6.07, 6.45) is 4.65. The van der Waals surface area contributed by atoms with E-state index in [9.17, 15) is 4.79 Å². The molecule has 2 rings (SSSR count). The molecule has 2 atom stereocenters. The highest BCUT2D eigenvalue weighted by Gasteiger charge is 2.25. The zero-order valence-electron chi connectivity index (χ0n) is 9.34. The van der Waals surface area contributed by atoms with Gasteiger partial charge in [0.2, 0.25) is 5.91 Å². The molecule has 0 saturated carbocycles. The average molecular weight is 216 g/mol. The van der Waals surface area contributed by atoms with Gasteiger partial charge in [-0.05, 0) is 12.0 Å². The number of hydrogen-bond acceptors (Lipinski definition) is 2. The normalized spacial score (nSPS) is 25.6. The first kappa shape index (κ1) is 10.9. The van der Waals surface area contributed by atoms with Gasteiger partial charge in [0.05, 0.1) is 12.1 Å². The Morgan fingerprint density at radius 2 is 2.00 bits per heavy atom. The van der Waals surface area contributed by atoms with Crippen LogP contribution in [0.3, 0.4) is 0 Å². The maximum absolute atomic E-state index is 11.9. The average Bonchev–Trinajstić information content (AvgIpc) is 2.44. The van der Waals surface area contributed by atoms with Gasteiger partial charge in [0.25, 0.3) is 0 Å². The summed E-state index contributed by atoms with van der Waals surface area (Å²) in [5.74, 6) is -0.00106. The first-order valence-corrected chi connectivity index (χ1v) is 5.44. The van der Waals surface area contributed by atoms with E-state index in [-0.39, 0.29) is 11.9 Å². The van der Waals surface area contributed by atoms with Gasteiger partial charge in [-0.3, -0.25) is 4.79 Å². The topological polar surface area (TPSA) is 46.3 Å². The Morgan fingerprint density at radius 3 is 2.69 bits per heavy atom. The molecule has 3 heteroatoms. The molecule has 1 aromatic carbocycles. The minimum atomic E-state index is -0.407. The minimum Gasteiger partial charge on any atom is -0.334 e. The minimum absolute atomic E-state index is 0.00106. The van der Waals surface area contributed by atoms with E-state index < -0.39 is 6.04 Å². The lowest BCUT2D eigenvalue weighted by molar-refractivity contribution is -0.132. The number of nitrogens with two attached hydrogens (primary N) is 1. The number of benzene rings is 1. The Kier molecular flexibility index (Phi) is 3.06. The Bertz CT molecular complexity index is 400. The molecule has 3 nitrogen and oxygen atoms in total. The van der Waals surface area contributed by atoms with Crippen LogP contribution in [0.25, 0.3) is 0 Å². The molecule has 0 saturated heterocycles. The van der Waals surface area contributed by atoms with E-state index >= 15 is 0 Å². The zero-order chi connectivity index (χ0) is 11.5. The van der Waals surface area contributed by atoms with Crippen LogP contribution in [0, 0.1) is 0 Å². The van der Waals surface area contributed by atoms with Crippen molar-refractivity contribution in [2.45, 2.75) is 18.5 Å². The maximum atomic E-state index is 11.9. The number of hydrogen-bond donors (Lipinski definition) is 1. The van der Waals surface area contributed by atoms with E-state index in [0.717, 1.165) is 5.56 Å². The Morgan fingerprint density at radius 1 is 1.31 bits per heavy atom. The fraction of sp³-hybridized carbons (Fsp3) is 0.308. The lowest BCUT2D eigenvalue weighted by Crippen LogP contribution is -2.41. The van der Waals surface area contributed by atoms with E-state index in [1.165, 1.54) is 0 Å². The molecule has 1 amide bonds. The second kappa shape index (κ2) is 4.49. The quantitative estimate of drug-likeness (QED) is 0.723. The molecule has 0 fully saturated rings. The highest BCUT2D eigenvalue weighted by atomic mass is 16.2. The summed E-state index contributed by atoms with van der Waals surface area (Å²) in [5.41, 5.74) is 6.88. The fourth-order valence-electron chi connectivity index (χ4n) is 1.97. The van der Waals surface area contributed by atoms with E-state index in [1.807, 2.05) is 42.5 Å². The van der Waals surface area contributed by atoms with E-state index in [1.54, 1.807) is 11.9 Å². The van der Waals surface area contributed by atoms with Gasteiger partial charge < -0.3 is 10.6 Å². The third kappa shape index (κ3) is 1.99. The van der Waals surface area contributed by atoms with Crippen molar-refractivity contribution in [3.63, 3.8) is 0 Å². The SMILES string of the molecule is CN1C(=O)[C@@H](N)CC=C[C@H]1c1ccccc1. The standard InChI is InChI=1S/C13H16N2O/c1-15-12(10-6-3-2-4-7-10)9-5-8-11(14)13(15)16/h2-7,9,11-12H,8,14H2,1H3/t11-,12-/m0/s1. The van der Waals surface area contributed by atoms with E-state index in [0.29, 0.717) is 6.42 Å². The molecule has 84 valence electrons. The van der Waals surface area contributed by atoms with Crippen LogP contribution in [-0.2, 0) is 4.79 Å². The third-order valence-electron chi connectivity index (χ3n) is 2.93. The monoisotopic (exact) mass is 216 g/mol. The Labute approximate surface area is 95.6 Å². The molecular formula is C13H16N2O. The van der Waals surface area contributed by atoms with Gasteiger partial charge in [-0.25, -0.2) is 0 Å². The highest BCUT2D eigenvalue weighted by molar-refractivity contribution is 5.82. The first-order chi connectivity index (χ1) is 7.70. The zero-order valence-corrected chi connectivity index (χ0v) is 9.34. The molecular weight excluding hydrogens is 200 g/mol. The van der Waals surface area contributed by atoms with Crippen molar-refractivity contribution >= 4 is 5.91 Å². The smallest absolute Gasteiger partial charge is 0.240 e. The Hall–Kier alpha value is -1.61. The van der Waals surface area contributed by atoms with Crippen molar-refractivity contribution in [3.8, 4) is 0 Å². The molecule has 0 spiro atoms. The summed E-state index contributed by atoms with van der Waals surface area (Å²) in [6, 6.07) is 9.57. The van der Waals surface area contributed by atoms with Crippen LogP contribution < -0.4 is 5.73 Å². The number of likely N-dealkylation sites (N-methyl/N-ethyl adjacent to an activating group) is 1. The van der Waals surface area contributed by atoms with Gasteiger partial charge in [0.15, 0.2) is 0 Å². The van der Waals surface area contributed by atoms with Crippen molar-refractivity contribution < 1.29 is 4.79 Å². The summed E-state index contributed by atoms with van der Waals surface area (Å²) >= 11 is 0. The van der Waals surface area contributed by atoms with Gasteiger partial charge in [-0.15, -0.1) is 0 Å². The van der Waals surface area contributed by atoms with E-state index in [2.05, 4.69) is 0 Å². The van der Waals surface area contributed by atoms with Crippen molar-refractivity contribution in [2.75, 3.05) is 7.05 Å². The van der Waals surface area contributed by atoms with Crippen molar-refractivity contribution in [3.05, 3.63) is 48.0 Å². The largest absolute Gasteiger partial charge is 0.334 e. The van der Waals surface area contributed by atoms with Crippen LogP contribution in [0.2, 0.25) is 0 Å². The molecule has 1 heterocycles. The summed E-state index contributed by atoms with van der Waals surface area (Å²) in [4.78, 5) is 13.6. The summed E-state index contributed by atoms with van der Waals surface area (Å²) in [5, 5.41) is 0. The van der Waals surface area contributed by atoms with Crippen molar-refractivity contribution in [1.82, 2.24) is 4.90 Å².